The number of hydrogen-bond donors (Lipinski definition) is 1. The van der Waals surface area contributed by atoms with Crippen molar-refractivity contribution in [3.05, 3.63) is 30.0 Å². The number of rotatable bonds is 5. The van der Waals surface area contributed by atoms with Gasteiger partial charge in [0.15, 0.2) is 5.13 Å². The summed E-state index contributed by atoms with van der Waals surface area (Å²) >= 11 is 1.65. The van der Waals surface area contributed by atoms with E-state index in [0.29, 0.717) is 12.6 Å². The molecule has 2 aromatic rings. The maximum absolute atomic E-state index is 11.9. The second-order valence-electron chi connectivity index (χ2n) is 4.81. The summed E-state index contributed by atoms with van der Waals surface area (Å²) in [6, 6.07) is 2.16. The first-order valence-corrected chi connectivity index (χ1v) is 7.61. The standard InChI is InChI=1S/C13H17N5OS/c19-12(10-17-6-2-4-16-17)15-9-11-3-1-7-18(11)13-14-5-8-20-13/h2,4-6,8,11H,1,3,7,9-10H2,(H,15,19). The molecule has 6 nitrogen and oxygen atoms in total. The first-order valence-electron chi connectivity index (χ1n) is 6.73. The van der Waals surface area contributed by atoms with Gasteiger partial charge in [-0.2, -0.15) is 5.10 Å². The van der Waals surface area contributed by atoms with Gasteiger partial charge in [0.1, 0.15) is 6.54 Å². The van der Waals surface area contributed by atoms with Crippen molar-refractivity contribution in [3.8, 4) is 0 Å². The van der Waals surface area contributed by atoms with Gasteiger partial charge in [-0.1, -0.05) is 0 Å². The molecule has 1 amide bonds. The highest BCUT2D eigenvalue weighted by Gasteiger charge is 2.26. The molecule has 2 aromatic heterocycles. The first kappa shape index (κ1) is 13.1. The van der Waals surface area contributed by atoms with Crippen LogP contribution >= 0.6 is 11.3 Å². The summed E-state index contributed by atoms with van der Waals surface area (Å²) in [7, 11) is 0. The number of thiazole rings is 1. The van der Waals surface area contributed by atoms with E-state index in [-0.39, 0.29) is 12.5 Å². The van der Waals surface area contributed by atoms with Crippen molar-refractivity contribution < 1.29 is 4.79 Å². The van der Waals surface area contributed by atoms with Gasteiger partial charge in [0.25, 0.3) is 0 Å². The number of hydrogen-bond acceptors (Lipinski definition) is 5. The highest BCUT2D eigenvalue weighted by Crippen LogP contribution is 2.26. The Morgan fingerprint density at radius 1 is 1.50 bits per heavy atom. The van der Waals surface area contributed by atoms with Crippen molar-refractivity contribution in [3.63, 3.8) is 0 Å². The predicted octanol–water partition coefficient (Wildman–Crippen LogP) is 1.12. The van der Waals surface area contributed by atoms with Gasteiger partial charge in [-0.3, -0.25) is 9.48 Å². The number of anilines is 1. The van der Waals surface area contributed by atoms with Crippen LogP contribution in [-0.2, 0) is 11.3 Å². The minimum atomic E-state index is -0.000288. The number of carbonyl (C=O) groups excluding carboxylic acids is 1. The van der Waals surface area contributed by atoms with Crippen molar-refractivity contribution in [1.29, 1.82) is 0 Å². The largest absolute Gasteiger partial charge is 0.352 e. The van der Waals surface area contributed by atoms with Crippen LogP contribution in [0.1, 0.15) is 12.8 Å². The molecule has 1 fully saturated rings. The molecule has 20 heavy (non-hydrogen) atoms. The quantitative estimate of drug-likeness (QED) is 0.897. The highest BCUT2D eigenvalue weighted by atomic mass is 32.1. The molecule has 0 radical (unpaired) electrons. The van der Waals surface area contributed by atoms with E-state index in [1.54, 1.807) is 28.4 Å². The fourth-order valence-corrected chi connectivity index (χ4v) is 3.23. The van der Waals surface area contributed by atoms with E-state index in [1.807, 2.05) is 17.6 Å². The summed E-state index contributed by atoms with van der Waals surface area (Å²) in [4.78, 5) is 18.5. The molecule has 1 aliphatic rings. The SMILES string of the molecule is O=C(Cn1cccn1)NCC1CCCN1c1nccs1. The summed E-state index contributed by atoms with van der Waals surface area (Å²) in [5.74, 6) is -0.000288. The molecule has 0 saturated carbocycles. The summed E-state index contributed by atoms with van der Waals surface area (Å²) in [5.41, 5.74) is 0. The molecule has 7 heteroatoms. The fraction of sp³-hybridized carbons (Fsp3) is 0.462. The van der Waals surface area contributed by atoms with Gasteiger partial charge in [0, 0.05) is 43.1 Å². The second-order valence-corrected chi connectivity index (χ2v) is 5.68. The van der Waals surface area contributed by atoms with Gasteiger partial charge in [-0.25, -0.2) is 4.98 Å². The monoisotopic (exact) mass is 291 g/mol. The molecule has 1 aliphatic heterocycles. The number of amides is 1. The predicted molar refractivity (Wildman–Crippen MR) is 77.7 cm³/mol. The van der Waals surface area contributed by atoms with Crippen molar-refractivity contribution in [2.24, 2.45) is 0 Å². The third-order valence-electron chi connectivity index (χ3n) is 3.44. The van der Waals surface area contributed by atoms with E-state index in [4.69, 9.17) is 0 Å². The van der Waals surface area contributed by atoms with Gasteiger partial charge in [-0.15, -0.1) is 11.3 Å². The van der Waals surface area contributed by atoms with E-state index in [2.05, 4.69) is 20.3 Å². The van der Waals surface area contributed by atoms with Crippen molar-refractivity contribution in [2.45, 2.75) is 25.4 Å². The number of carbonyl (C=O) groups is 1. The average molecular weight is 291 g/mol. The Kier molecular flexibility index (Phi) is 3.96. The summed E-state index contributed by atoms with van der Waals surface area (Å²) in [5, 5.41) is 10.1. The van der Waals surface area contributed by atoms with E-state index in [1.165, 1.54) is 0 Å². The van der Waals surface area contributed by atoms with Gasteiger partial charge < -0.3 is 10.2 Å². The molecule has 0 aliphatic carbocycles. The Morgan fingerprint density at radius 2 is 2.45 bits per heavy atom. The van der Waals surface area contributed by atoms with Gasteiger partial charge in [0.05, 0.1) is 0 Å². The first-order chi connectivity index (χ1) is 9.83. The zero-order chi connectivity index (χ0) is 13.8. The molecule has 1 saturated heterocycles. The minimum Gasteiger partial charge on any atom is -0.352 e. The smallest absolute Gasteiger partial charge is 0.241 e. The third-order valence-corrected chi connectivity index (χ3v) is 4.25. The average Bonchev–Trinajstić information content (AvgIpc) is 3.18. The molecule has 0 spiro atoms. The number of aromatic nitrogens is 3. The van der Waals surface area contributed by atoms with Crippen molar-refractivity contribution in [1.82, 2.24) is 20.1 Å². The van der Waals surface area contributed by atoms with E-state index >= 15 is 0 Å². The Balaban J connectivity index is 1.51. The lowest BCUT2D eigenvalue weighted by Crippen LogP contribution is -2.41. The molecule has 0 bridgehead atoms. The van der Waals surface area contributed by atoms with E-state index in [0.717, 1.165) is 24.5 Å². The van der Waals surface area contributed by atoms with Gasteiger partial charge in [-0.05, 0) is 18.9 Å². The second kappa shape index (κ2) is 6.04. The van der Waals surface area contributed by atoms with Crippen LogP contribution in [0.4, 0.5) is 5.13 Å². The molecule has 1 N–H and O–H groups in total. The lowest BCUT2D eigenvalue weighted by Gasteiger charge is -2.24. The third kappa shape index (κ3) is 2.98. The van der Waals surface area contributed by atoms with E-state index in [9.17, 15) is 4.79 Å². The fourth-order valence-electron chi connectivity index (χ4n) is 2.49. The molecule has 3 rings (SSSR count). The van der Waals surface area contributed by atoms with Gasteiger partial charge in [0.2, 0.25) is 5.91 Å². The van der Waals surface area contributed by atoms with Crippen LogP contribution in [0.5, 0.6) is 0 Å². The molecule has 1 unspecified atom stereocenters. The van der Waals surface area contributed by atoms with Crippen LogP contribution in [0.25, 0.3) is 0 Å². The molecule has 1 atom stereocenters. The van der Waals surface area contributed by atoms with E-state index < -0.39 is 0 Å². The molecular weight excluding hydrogens is 274 g/mol. The van der Waals surface area contributed by atoms with Crippen LogP contribution in [0.2, 0.25) is 0 Å². The zero-order valence-corrected chi connectivity index (χ0v) is 11.9. The summed E-state index contributed by atoms with van der Waals surface area (Å²) < 4.78 is 1.63. The van der Waals surface area contributed by atoms with Crippen molar-refractivity contribution >= 4 is 22.4 Å². The Bertz CT molecular complexity index is 539. The molecule has 3 heterocycles. The Hall–Kier alpha value is -1.89. The van der Waals surface area contributed by atoms with Crippen LogP contribution in [0, 0.1) is 0 Å². The Labute approximate surface area is 121 Å². The molecule has 0 aromatic carbocycles. The van der Waals surface area contributed by atoms with Gasteiger partial charge >= 0.3 is 0 Å². The topological polar surface area (TPSA) is 63.1 Å². The maximum atomic E-state index is 11.9. The van der Waals surface area contributed by atoms with Crippen LogP contribution in [-0.4, -0.2) is 39.8 Å². The lowest BCUT2D eigenvalue weighted by atomic mass is 10.2. The zero-order valence-electron chi connectivity index (χ0n) is 11.1. The molecule has 106 valence electrons. The summed E-state index contributed by atoms with van der Waals surface area (Å²) in [6.45, 7) is 1.96. The van der Waals surface area contributed by atoms with Crippen molar-refractivity contribution in [2.75, 3.05) is 18.0 Å². The van der Waals surface area contributed by atoms with Crippen LogP contribution in [0.3, 0.4) is 0 Å². The molecular formula is C13H17N5OS. The number of nitrogens with one attached hydrogen (secondary N) is 1. The normalized spacial score (nSPS) is 18.4. The maximum Gasteiger partial charge on any atom is 0.241 e. The lowest BCUT2D eigenvalue weighted by molar-refractivity contribution is -0.121. The van der Waals surface area contributed by atoms with Crippen LogP contribution < -0.4 is 10.2 Å². The summed E-state index contributed by atoms with van der Waals surface area (Å²) in [6.07, 6.45) is 7.54. The minimum absolute atomic E-state index is 0.000288. The Morgan fingerprint density at radius 3 is 3.20 bits per heavy atom. The number of nitrogens with zero attached hydrogens (tertiary/aromatic N) is 4. The van der Waals surface area contributed by atoms with Crippen LogP contribution in [0.15, 0.2) is 30.0 Å². The highest BCUT2D eigenvalue weighted by molar-refractivity contribution is 7.13.